The summed E-state index contributed by atoms with van der Waals surface area (Å²) in [6.07, 6.45) is 2.71. The summed E-state index contributed by atoms with van der Waals surface area (Å²) in [7, 11) is 0. The van der Waals surface area contributed by atoms with Crippen LogP contribution in [0.15, 0.2) is 43.0 Å². The van der Waals surface area contributed by atoms with Crippen molar-refractivity contribution in [2.75, 3.05) is 0 Å². The molecule has 1 saturated heterocycles. The molecule has 0 radical (unpaired) electrons. The maximum atomic E-state index is 9.89. The molecule has 6 heteroatoms. The molecule has 1 fully saturated rings. The molecule has 0 unspecified atom stereocenters. The summed E-state index contributed by atoms with van der Waals surface area (Å²) in [4.78, 5) is 13.0. The van der Waals surface area contributed by atoms with Crippen molar-refractivity contribution in [1.82, 2.24) is 19.5 Å². The summed E-state index contributed by atoms with van der Waals surface area (Å²) in [5.41, 5.74) is 2.79. The van der Waals surface area contributed by atoms with Gasteiger partial charge in [-0.15, -0.1) is 0 Å². The van der Waals surface area contributed by atoms with Crippen LogP contribution in [-0.2, 0) is 4.74 Å². The van der Waals surface area contributed by atoms with Gasteiger partial charge in [-0.2, -0.15) is 0 Å². The van der Waals surface area contributed by atoms with Crippen LogP contribution in [-0.4, -0.2) is 36.8 Å². The molecule has 24 heavy (non-hydrogen) atoms. The molecule has 0 spiro atoms. The highest BCUT2D eigenvalue weighted by atomic mass is 16.5. The average molecular weight is 320 g/mol. The normalized spacial score (nSPS) is 23.2. The molecule has 0 bridgehead atoms. The third-order valence-corrected chi connectivity index (χ3v) is 4.12. The van der Waals surface area contributed by atoms with E-state index in [1.807, 2.05) is 41.8 Å². The number of rotatable bonds is 1. The van der Waals surface area contributed by atoms with E-state index in [0.29, 0.717) is 23.3 Å². The molecule has 1 aliphatic heterocycles. The number of hydrogen-bond acceptors (Lipinski definition) is 5. The van der Waals surface area contributed by atoms with E-state index in [1.54, 1.807) is 6.33 Å². The maximum absolute atomic E-state index is 9.89. The Kier molecular flexibility index (Phi) is 3.73. The molecule has 0 amide bonds. The SMILES string of the molecule is C[C@H]1O[C@@H](n2cnc3c(C#Cc4ccccc4)ncnc32)C[C@@H]1O. The van der Waals surface area contributed by atoms with Crippen LogP contribution in [0.3, 0.4) is 0 Å². The second-order valence-electron chi connectivity index (χ2n) is 5.76. The molecule has 3 atom stereocenters. The molecule has 0 aliphatic carbocycles. The number of aliphatic hydroxyl groups excluding tert-OH is 1. The maximum Gasteiger partial charge on any atom is 0.166 e. The minimum Gasteiger partial charge on any atom is -0.390 e. The van der Waals surface area contributed by atoms with Gasteiger partial charge in [-0.1, -0.05) is 24.1 Å². The van der Waals surface area contributed by atoms with Gasteiger partial charge in [0.1, 0.15) is 23.8 Å². The Balaban J connectivity index is 1.71. The molecule has 1 aliphatic rings. The Morgan fingerprint density at radius 2 is 2.00 bits per heavy atom. The second kappa shape index (κ2) is 6.04. The summed E-state index contributed by atoms with van der Waals surface area (Å²) < 4.78 is 7.60. The Morgan fingerprint density at radius 3 is 2.75 bits per heavy atom. The number of nitrogens with zero attached hydrogens (tertiary/aromatic N) is 4. The Bertz CT molecular complexity index is 916. The van der Waals surface area contributed by atoms with Crippen molar-refractivity contribution < 1.29 is 9.84 Å². The van der Waals surface area contributed by atoms with Crippen LogP contribution in [0.5, 0.6) is 0 Å². The van der Waals surface area contributed by atoms with Crippen LogP contribution in [0, 0.1) is 11.8 Å². The number of aromatic nitrogens is 4. The minimum atomic E-state index is -0.480. The van der Waals surface area contributed by atoms with Gasteiger partial charge in [0.05, 0.1) is 18.5 Å². The Morgan fingerprint density at radius 1 is 1.17 bits per heavy atom. The first kappa shape index (κ1) is 14.8. The van der Waals surface area contributed by atoms with Crippen LogP contribution >= 0.6 is 0 Å². The van der Waals surface area contributed by atoms with E-state index in [2.05, 4.69) is 26.8 Å². The summed E-state index contributed by atoms with van der Waals surface area (Å²) in [6, 6.07) is 9.72. The van der Waals surface area contributed by atoms with Crippen molar-refractivity contribution in [2.24, 2.45) is 0 Å². The van der Waals surface area contributed by atoms with Gasteiger partial charge in [-0.3, -0.25) is 4.57 Å². The predicted octanol–water partition coefficient (Wildman–Crippen LogP) is 1.89. The van der Waals surface area contributed by atoms with Gasteiger partial charge in [0.2, 0.25) is 0 Å². The van der Waals surface area contributed by atoms with Crippen LogP contribution in [0.25, 0.3) is 11.2 Å². The lowest BCUT2D eigenvalue weighted by molar-refractivity contribution is -0.00632. The molecule has 1 N–H and O–H groups in total. The molecule has 0 saturated carbocycles. The first-order chi connectivity index (χ1) is 11.7. The topological polar surface area (TPSA) is 73.1 Å². The molecule has 3 aromatic rings. The zero-order valence-corrected chi connectivity index (χ0v) is 13.1. The summed E-state index contributed by atoms with van der Waals surface area (Å²) in [5, 5.41) is 9.89. The third-order valence-electron chi connectivity index (χ3n) is 4.12. The smallest absolute Gasteiger partial charge is 0.166 e. The molecular weight excluding hydrogens is 304 g/mol. The second-order valence-corrected chi connectivity index (χ2v) is 5.76. The lowest BCUT2D eigenvalue weighted by Crippen LogP contribution is -2.15. The average Bonchev–Trinajstić information content (AvgIpc) is 3.18. The standard InChI is InChI=1S/C18H16N4O2/c1-12-15(23)9-16(24-12)22-11-21-17-14(19-10-20-18(17)22)8-7-13-5-3-2-4-6-13/h2-6,10-12,15-16,23H,9H2,1H3/t12-,15+,16-/m1/s1. The summed E-state index contributed by atoms with van der Waals surface area (Å²) in [6.45, 7) is 1.86. The molecule has 1 aromatic carbocycles. The van der Waals surface area contributed by atoms with Gasteiger partial charge in [0.15, 0.2) is 5.65 Å². The first-order valence-corrected chi connectivity index (χ1v) is 7.80. The van der Waals surface area contributed by atoms with Gasteiger partial charge in [0, 0.05) is 12.0 Å². The molecule has 3 heterocycles. The van der Waals surface area contributed by atoms with E-state index >= 15 is 0 Å². The quantitative estimate of drug-likeness (QED) is 0.693. The van der Waals surface area contributed by atoms with Crippen molar-refractivity contribution in [1.29, 1.82) is 0 Å². The van der Waals surface area contributed by atoms with Gasteiger partial charge in [0.25, 0.3) is 0 Å². The van der Waals surface area contributed by atoms with Crippen LogP contribution in [0.4, 0.5) is 0 Å². The van der Waals surface area contributed by atoms with Crippen molar-refractivity contribution in [3.63, 3.8) is 0 Å². The molecule has 6 nitrogen and oxygen atoms in total. The monoisotopic (exact) mass is 320 g/mol. The number of hydrogen-bond donors (Lipinski definition) is 1. The van der Waals surface area contributed by atoms with Gasteiger partial charge >= 0.3 is 0 Å². The zero-order valence-electron chi connectivity index (χ0n) is 13.1. The lowest BCUT2D eigenvalue weighted by atomic mass is 10.2. The zero-order chi connectivity index (χ0) is 16.5. The number of fused-ring (bicyclic) bond motifs is 1. The van der Waals surface area contributed by atoms with E-state index in [0.717, 1.165) is 5.56 Å². The first-order valence-electron chi connectivity index (χ1n) is 7.80. The third kappa shape index (κ3) is 2.64. The molecule has 120 valence electrons. The van der Waals surface area contributed by atoms with Crippen LogP contribution in [0.2, 0.25) is 0 Å². The Hall–Kier alpha value is -2.75. The fourth-order valence-electron chi connectivity index (χ4n) is 2.78. The fourth-order valence-corrected chi connectivity index (χ4v) is 2.78. The summed E-state index contributed by atoms with van der Waals surface area (Å²) in [5.74, 6) is 6.14. The molecule has 4 rings (SSSR count). The Labute approximate surface area is 139 Å². The minimum absolute atomic E-state index is 0.202. The number of ether oxygens (including phenoxy) is 1. The number of aliphatic hydroxyl groups is 1. The fraction of sp³-hybridized carbons (Fsp3) is 0.278. The lowest BCUT2D eigenvalue weighted by Gasteiger charge is -2.12. The highest BCUT2D eigenvalue weighted by molar-refractivity contribution is 5.76. The van der Waals surface area contributed by atoms with Crippen molar-refractivity contribution >= 4 is 11.2 Å². The molecular formula is C18H16N4O2. The summed E-state index contributed by atoms with van der Waals surface area (Å²) >= 11 is 0. The predicted molar refractivity (Wildman–Crippen MR) is 88.0 cm³/mol. The highest BCUT2D eigenvalue weighted by Gasteiger charge is 2.32. The van der Waals surface area contributed by atoms with Crippen LogP contribution < -0.4 is 0 Å². The van der Waals surface area contributed by atoms with Crippen molar-refractivity contribution in [3.05, 3.63) is 54.2 Å². The van der Waals surface area contributed by atoms with E-state index in [9.17, 15) is 5.11 Å². The van der Waals surface area contributed by atoms with Crippen molar-refractivity contribution in [2.45, 2.75) is 31.8 Å². The number of imidazole rings is 1. The van der Waals surface area contributed by atoms with Crippen molar-refractivity contribution in [3.8, 4) is 11.8 Å². The highest BCUT2D eigenvalue weighted by Crippen LogP contribution is 2.30. The van der Waals surface area contributed by atoms with E-state index < -0.39 is 6.10 Å². The van der Waals surface area contributed by atoms with Gasteiger partial charge in [-0.05, 0) is 25.0 Å². The van der Waals surface area contributed by atoms with E-state index in [-0.39, 0.29) is 12.3 Å². The largest absolute Gasteiger partial charge is 0.390 e. The molecule has 2 aromatic heterocycles. The number of benzene rings is 1. The van der Waals surface area contributed by atoms with E-state index in [4.69, 9.17) is 4.74 Å². The van der Waals surface area contributed by atoms with Gasteiger partial charge < -0.3 is 9.84 Å². The van der Waals surface area contributed by atoms with E-state index in [1.165, 1.54) is 6.33 Å². The van der Waals surface area contributed by atoms with Gasteiger partial charge in [-0.25, -0.2) is 15.0 Å². The van der Waals surface area contributed by atoms with Crippen LogP contribution in [0.1, 0.15) is 30.8 Å².